The highest BCUT2D eigenvalue weighted by atomic mass is 16.1. The molecule has 1 N–H and O–H groups in total. The topological polar surface area (TPSA) is 53.4 Å². The summed E-state index contributed by atoms with van der Waals surface area (Å²) in [4.78, 5) is 22.9. The number of para-hydroxylation sites is 2. The summed E-state index contributed by atoms with van der Waals surface area (Å²) in [6.45, 7) is 10.4. The Bertz CT molecular complexity index is 1140. The van der Waals surface area contributed by atoms with E-state index < -0.39 is 0 Å². The first-order valence-electron chi connectivity index (χ1n) is 12.9. The minimum atomic E-state index is 0.0454. The first kappa shape index (κ1) is 22.9. The van der Waals surface area contributed by atoms with Gasteiger partial charge in [0, 0.05) is 37.8 Å². The van der Waals surface area contributed by atoms with Crippen molar-refractivity contribution in [3.05, 3.63) is 53.6 Å². The Morgan fingerprint density at radius 1 is 0.941 bits per heavy atom. The van der Waals surface area contributed by atoms with Crippen LogP contribution in [-0.4, -0.2) is 53.1 Å². The fraction of sp³-hybridized carbons (Fsp3) is 0.500. The summed E-state index contributed by atoms with van der Waals surface area (Å²) in [6.07, 6.45) is 5.70. The number of amides is 1. The predicted molar refractivity (Wildman–Crippen MR) is 140 cm³/mol. The van der Waals surface area contributed by atoms with E-state index in [1.807, 2.05) is 6.07 Å². The van der Waals surface area contributed by atoms with Crippen LogP contribution in [0.25, 0.3) is 11.0 Å². The van der Waals surface area contributed by atoms with Gasteiger partial charge in [-0.1, -0.05) is 24.6 Å². The number of anilines is 2. The molecule has 3 heterocycles. The molecule has 2 aromatic carbocycles. The van der Waals surface area contributed by atoms with Crippen molar-refractivity contribution in [3.8, 4) is 0 Å². The van der Waals surface area contributed by atoms with E-state index in [0.717, 1.165) is 56.2 Å². The zero-order valence-electron chi connectivity index (χ0n) is 20.6. The molecule has 0 bridgehead atoms. The van der Waals surface area contributed by atoms with Crippen LogP contribution in [0.2, 0.25) is 0 Å². The lowest BCUT2D eigenvalue weighted by atomic mass is 9.96. The molecule has 0 spiro atoms. The number of hydrogen-bond donors (Lipinski definition) is 1. The van der Waals surface area contributed by atoms with Crippen molar-refractivity contribution in [1.82, 2.24) is 14.5 Å². The van der Waals surface area contributed by atoms with Crippen LogP contribution in [0, 0.1) is 19.8 Å². The number of fused-ring (bicyclic) bond motifs is 1. The number of piperidine rings is 2. The second-order valence-corrected chi connectivity index (χ2v) is 10.0. The number of rotatable bonds is 6. The maximum atomic E-state index is 12.9. The van der Waals surface area contributed by atoms with Gasteiger partial charge in [0.15, 0.2) is 0 Å². The number of hydrogen-bond acceptors (Lipinski definition) is 4. The summed E-state index contributed by atoms with van der Waals surface area (Å²) in [7, 11) is 0. The van der Waals surface area contributed by atoms with Crippen LogP contribution in [0.4, 0.5) is 11.6 Å². The van der Waals surface area contributed by atoms with Crippen molar-refractivity contribution in [1.29, 1.82) is 0 Å². The summed E-state index contributed by atoms with van der Waals surface area (Å²) >= 11 is 0. The third-order valence-corrected chi connectivity index (χ3v) is 7.65. The van der Waals surface area contributed by atoms with Gasteiger partial charge >= 0.3 is 0 Å². The normalized spacial score (nSPS) is 17.9. The summed E-state index contributed by atoms with van der Waals surface area (Å²) in [5, 5.41) is 3.14. The molecular formula is C28H37N5O. The number of carbonyl (C=O) groups excluding carboxylic acids is 1. The molecule has 1 aromatic heterocycles. The smallest absolute Gasteiger partial charge is 0.227 e. The molecule has 3 aromatic rings. The summed E-state index contributed by atoms with van der Waals surface area (Å²) in [5.74, 6) is 1.25. The fourth-order valence-corrected chi connectivity index (χ4v) is 5.35. The quantitative estimate of drug-likeness (QED) is 0.564. The first-order valence-corrected chi connectivity index (χ1v) is 12.9. The van der Waals surface area contributed by atoms with Crippen molar-refractivity contribution in [2.45, 2.75) is 52.5 Å². The van der Waals surface area contributed by atoms with E-state index in [1.165, 1.54) is 49.0 Å². The number of imidazole rings is 1. The molecule has 6 heteroatoms. The molecule has 0 atom stereocenters. The second kappa shape index (κ2) is 10.2. The Kier molecular flexibility index (Phi) is 6.86. The Labute approximate surface area is 203 Å². The Morgan fingerprint density at radius 2 is 1.71 bits per heavy atom. The average Bonchev–Trinajstić information content (AvgIpc) is 3.24. The van der Waals surface area contributed by atoms with Gasteiger partial charge in [0.05, 0.1) is 11.0 Å². The van der Waals surface area contributed by atoms with Gasteiger partial charge < -0.3 is 19.7 Å². The van der Waals surface area contributed by atoms with E-state index in [2.05, 4.69) is 69.9 Å². The highest BCUT2D eigenvalue weighted by molar-refractivity contribution is 5.92. The molecule has 1 amide bonds. The zero-order chi connectivity index (χ0) is 23.5. The standard InChI is InChI=1S/C28H37N5O/c1-21-10-11-24(20-22(21)2)29-27(34)23-12-16-32(17-13-23)28-30-25-8-4-5-9-26(25)33(28)19-18-31-14-6-3-7-15-31/h4-5,8-11,20,23H,3,6-7,12-19H2,1-2H3,(H,29,34). The molecule has 2 fully saturated rings. The van der Waals surface area contributed by atoms with E-state index in [4.69, 9.17) is 4.98 Å². The SMILES string of the molecule is Cc1ccc(NC(=O)C2CCN(c3nc4ccccc4n3CCN3CCCCC3)CC2)cc1C. The monoisotopic (exact) mass is 459 g/mol. The number of nitrogens with one attached hydrogen (secondary N) is 1. The van der Waals surface area contributed by atoms with E-state index in [9.17, 15) is 4.79 Å². The highest BCUT2D eigenvalue weighted by Crippen LogP contribution is 2.28. The molecule has 2 aliphatic rings. The maximum absolute atomic E-state index is 12.9. The Balaban J connectivity index is 1.25. The van der Waals surface area contributed by atoms with Crippen LogP contribution in [0.1, 0.15) is 43.2 Å². The molecule has 6 nitrogen and oxygen atoms in total. The number of aryl methyl sites for hydroxylation is 2. The van der Waals surface area contributed by atoms with Gasteiger partial charge in [-0.3, -0.25) is 4.79 Å². The van der Waals surface area contributed by atoms with Gasteiger partial charge in [-0.2, -0.15) is 0 Å². The van der Waals surface area contributed by atoms with Crippen LogP contribution in [0.3, 0.4) is 0 Å². The molecule has 180 valence electrons. The Hall–Kier alpha value is -2.86. The van der Waals surface area contributed by atoms with Crippen LogP contribution in [-0.2, 0) is 11.3 Å². The average molecular weight is 460 g/mol. The van der Waals surface area contributed by atoms with E-state index in [0.29, 0.717) is 0 Å². The summed E-state index contributed by atoms with van der Waals surface area (Å²) < 4.78 is 2.40. The predicted octanol–water partition coefficient (Wildman–Crippen LogP) is 4.99. The third-order valence-electron chi connectivity index (χ3n) is 7.65. The fourth-order valence-electron chi connectivity index (χ4n) is 5.35. The molecule has 0 saturated carbocycles. The summed E-state index contributed by atoms with van der Waals surface area (Å²) in [5.41, 5.74) is 5.62. The molecule has 5 rings (SSSR count). The van der Waals surface area contributed by atoms with Crippen molar-refractivity contribution < 1.29 is 4.79 Å². The molecule has 2 aliphatic heterocycles. The van der Waals surface area contributed by atoms with Crippen LogP contribution in [0.15, 0.2) is 42.5 Å². The van der Waals surface area contributed by atoms with E-state index >= 15 is 0 Å². The van der Waals surface area contributed by atoms with Gasteiger partial charge in [-0.25, -0.2) is 4.98 Å². The first-order chi connectivity index (χ1) is 16.6. The van der Waals surface area contributed by atoms with Crippen molar-refractivity contribution in [2.24, 2.45) is 5.92 Å². The number of benzene rings is 2. The minimum absolute atomic E-state index is 0.0454. The largest absolute Gasteiger partial charge is 0.342 e. The lowest BCUT2D eigenvalue weighted by molar-refractivity contribution is -0.120. The molecular weight excluding hydrogens is 422 g/mol. The lowest BCUT2D eigenvalue weighted by Crippen LogP contribution is -2.40. The lowest BCUT2D eigenvalue weighted by Gasteiger charge is -2.33. The van der Waals surface area contributed by atoms with Gasteiger partial charge in [0.25, 0.3) is 0 Å². The van der Waals surface area contributed by atoms with Gasteiger partial charge in [-0.15, -0.1) is 0 Å². The highest BCUT2D eigenvalue weighted by Gasteiger charge is 2.28. The van der Waals surface area contributed by atoms with Crippen LogP contribution >= 0.6 is 0 Å². The van der Waals surface area contributed by atoms with Crippen LogP contribution in [0.5, 0.6) is 0 Å². The van der Waals surface area contributed by atoms with Gasteiger partial charge in [-0.05, 0) is 88.0 Å². The minimum Gasteiger partial charge on any atom is -0.342 e. The number of carbonyl (C=O) groups is 1. The van der Waals surface area contributed by atoms with Crippen molar-refractivity contribution in [2.75, 3.05) is 42.9 Å². The van der Waals surface area contributed by atoms with Gasteiger partial charge in [0.1, 0.15) is 0 Å². The molecule has 0 radical (unpaired) electrons. The molecule has 0 unspecified atom stereocenters. The second-order valence-electron chi connectivity index (χ2n) is 10.0. The number of nitrogens with zero attached hydrogens (tertiary/aromatic N) is 4. The maximum Gasteiger partial charge on any atom is 0.227 e. The third kappa shape index (κ3) is 4.97. The molecule has 0 aliphatic carbocycles. The number of aromatic nitrogens is 2. The van der Waals surface area contributed by atoms with Crippen LogP contribution < -0.4 is 10.2 Å². The van der Waals surface area contributed by atoms with E-state index in [-0.39, 0.29) is 11.8 Å². The van der Waals surface area contributed by atoms with Crippen molar-refractivity contribution >= 4 is 28.6 Å². The zero-order valence-corrected chi connectivity index (χ0v) is 20.6. The van der Waals surface area contributed by atoms with Gasteiger partial charge in [0.2, 0.25) is 11.9 Å². The Morgan fingerprint density at radius 3 is 2.47 bits per heavy atom. The van der Waals surface area contributed by atoms with E-state index in [1.54, 1.807) is 0 Å². The summed E-state index contributed by atoms with van der Waals surface area (Å²) in [6, 6.07) is 14.6. The number of likely N-dealkylation sites (tertiary alicyclic amines) is 1. The molecule has 34 heavy (non-hydrogen) atoms. The molecule has 2 saturated heterocycles. The van der Waals surface area contributed by atoms with Crippen molar-refractivity contribution in [3.63, 3.8) is 0 Å².